The summed E-state index contributed by atoms with van der Waals surface area (Å²) in [5, 5.41) is 6.80. The SMILES string of the molecule is CN=C(NCC1(SC)CCOCC1)NC(C)c1ccc(OCC2CC2)c(F)c1.I. The van der Waals surface area contributed by atoms with Crippen molar-refractivity contribution >= 4 is 41.7 Å². The fraction of sp³-hybridized carbons (Fsp3) is 0.667. The van der Waals surface area contributed by atoms with Crippen LogP contribution in [0.15, 0.2) is 23.2 Å². The third-order valence-corrected chi connectivity index (χ3v) is 7.04. The van der Waals surface area contributed by atoms with Crippen LogP contribution < -0.4 is 15.4 Å². The number of nitrogens with zero attached hydrogens (tertiary/aromatic N) is 1. The smallest absolute Gasteiger partial charge is 0.191 e. The molecule has 0 bridgehead atoms. The van der Waals surface area contributed by atoms with Crippen LogP contribution in [0.5, 0.6) is 5.75 Å². The number of benzene rings is 1. The van der Waals surface area contributed by atoms with Crippen LogP contribution >= 0.6 is 35.7 Å². The van der Waals surface area contributed by atoms with Crippen molar-refractivity contribution in [3.05, 3.63) is 29.6 Å². The number of ether oxygens (including phenoxy) is 2. The van der Waals surface area contributed by atoms with E-state index in [1.165, 1.54) is 12.8 Å². The molecule has 8 heteroatoms. The van der Waals surface area contributed by atoms with E-state index in [1.54, 1.807) is 19.2 Å². The summed E-state index contributed by atoms with van der Waals surface area (Å²) in [6.07, 6.45) is 6.60. The van der Waals surface area contributed by atoms with Gasteiger partial charge in [0.2, 0.25) is 0 Å². The maximum Gasteiger partial charge on any atom is 0.191 e. The molecule has 1 aromatic rings. The highest BCUT2D eigenvalue weighted by molar-refractivity contribution is 14.0. The molecule has 1 saturated heterocycles. The van der Waals surface area contributed by atoms with Crippen molar-refractivity contribution in [1.29, 1.82) is 0 Å². The Balaban J connectivity index is 0.00000300. The number of rotatable bonds is 8. The largest absolute Gasteiger partial charge is 0.490 e. The van der Waals surface area contributed by atoms with Gasteiger partial charge in [-0.2, -0.15) is 11.8 Å². The zero-order chi connectivity index (χ0) is 20.0. The molecule has 1 aliphatic carbocycles. The van der Waals surface area contributed by atoms with Gasteiger partial charge >= 0.3 is 0 Å². The molecule has 2 fully saturated rings. The maximum absolute atomic E-state index is 14.4. The zero-order valence-corrected chi connectivity index (χ0v) is 20.6. The quantitative estimate of drug-likeness (QED) is 0.293. The Labute approximate surface area is 195 Å². The van der Waals surface area contributed by atoms with E-state index in [1.807, 2.05) is 24.8 Å². The van der Waals surface area contributed by atoms with E-state index in [0.29, 0.717) is 18.3 Å². The lowest BCUT2D eigenvalue weighted by Gasteiger charge is -2.36. The van der Waals surface area contributed by atoms with Crippen LogP contribution in [0, 0.1) is 11.7 Å². The summed E-state index contributed by atoms with van der Waals surface area (Å²) in [7, 11) is 1.76. The molecule has 2 aliphatic rings. The number of hydrogen-bond acceptors (Lipinski definition) is 4. The van der Waals surface area contributed by atoms with Gasteiger partial charge in [-0.1, -0.05) is 6.07 Å². The average Bonchev–Trinajstić information content (AvgIpc) is 3.55. The molecule has 0 amide bonds. The van der Waals surface area contributed by atoms with Gasteiger partial charge in [0, 0.05) is 31.6 Å². The number of nitrogens with one attached hydrogen (secondary N) is 2. The third-order valence-electron chi connectivity index (χ3n) is 5.62. The molecule has 1 unspecified atom stereocenters. The highest BCUT2D eigenvalue weighted by Crippen LogP contribution is 2.33. The fourth-order valence-corrected chi connectivity index (χ4v) is 4.11. The Morgan fingerprint density at radius 2 is 2.10 bits per heavy atom. The first-order chi connectivity index (χ1) is 13.5. The first kappa shape index (κ1) is 24.5. The molecule has 1 saturated carbocycles. The van der Waals surface area contributed by atoms with Crippen molar-refractivity contribution in [3.8, 4) is 5.75 Å². The van der Waals surface area contributed by atoms with E-state index < -0.39 is 0 Å². The number of halogens is 2. The van der Waals surface area contributed by atoms with Crippen LogP contribution in [0.1, 0.15) is 44.2 Å². The van der Waals surface area contributed by atoms with Crippen LogP contribution in [0.4, 0.5) is 4.39 Å². The van der Waals surface area contributed by atoms with Gasteiger partial charge in [-0.3, -0.25) is 4.99 Å². The predicted octanol–water partition coefficient (Wildman–Crippen LogP) is 4.37. The van der Waals surface area contributed by atoms with E-state index in [2.05, 4.69) is 21.9 Å². The Bertz CT molecular complexity index is 682. The molecule has 5 nitrogen and oxygen atoms in total. The molecule has 164 valence electrons. The van der Waals surface area contributed by atoms with Crippen molar-refractivity contribution in [2.24, 2.45) is 10.9 Å². The molecule has 1 aliphatic heterocycles. The normalized spacial score (nSPS) is 19.8. The number of hydrogen-bond donors (Lipinski definition) is 2. The van der Waals surface area contributed by atoms with E-state index in [9.17, 15) is 4.39 Å². The van der Waals surface area contributed by atoms with Gasteiger partial charge in [0.05, 0.1) is 12.6 Å². The third kappa shape index (κ3) is 7.17. The van der Waals surface area contributed by atoms with Gasteiger partial charge in [-0.25, -0.2) is 4.39 Å². The van der Waals surface area contributed by atoms with Crippen LogP contribution in [-0.4, -0.2) is 50.4 Å². The van der Waals surface area contributed by atoms with Crippen molar-refractivity contribution < 1.29 is 13.9 Å². The van der Waals surface area contributed by atoms with Gasteiger partial charge in [0.1, 0.15) is 0 Å². The summed E-state index contributed by atoms with van der Waals surface area (Å²) >= 11 is 1.89. The van der Waals surface area contributed by atoms with E-state index >= 15 is 0 Å². The summed E-state index contributed by atoms with van der Waals surface area (Å²) in [6.45, 7) is 5.05. The fourth-order valence-electron chi connectivity index (χ4n) is 3.32. The lowest BCUT2D eigenvalue weighted by atomic mass is 9.99. The molecule has 3 rings (SSSR count). The number of guanidine groups is 1. The first-order valence-electron chi connectivity index (χ1n) is 10.1. The molecular formula is C21H33FIN3O2S. The van der Waals surface area contributed by atoms with Crippen molar-refractivity contribution in [3.63, 3.8) is 0 Å². The number of aliphatic imine (C=N–C) groups is 1. The van der Waals surface area contributed by atoms with E-state index in [0.717, 1.165) is 44.1 Å². The Morgan fingerprint density at radius 1 is 1.38 bits per heavy atom. The Kier molecular flexibility index (Phi) is 9.81. The molecule has 1 heterocycles. The molecular weight excluding hydrogens is 504 g/mol. The molecule has 29 heavy (non-hydrogen) atoms. The summed E-state index contributed by atoms with van der Waals surface area (Å²) in [4.78, 5) is 4.33. The minimum Gasteiger partial charge on any atom is -0.490 e. The van der Waals surface area contributed by atoms with Gasteiger partial charge < -0.3 is 20.1 Å². The lowest BCUT2D eigenvalue weighted by Crippen LogP contribution is -2.48. The van der Waals surface area contributed by atoms with Crippen molar-refractivity contribution in [2.45, 2.75) is 43.4 Å². The minimum absolute atomic E-state index is 0. The van der Waals surface area contributed by atoms with Gasteiger partial charge in [0.25, 0.3) is 0 Å². The van der Waals surface area contributed by atoms with Gasteiger partial charge in [0.15, 0.2) is 17.5 Å². The zero-order valence-electron chi connectivity index (χ0n) is 17.5. The molecule has 0 radical (unpaired) electrons. The average molecular weight is 537 g/mol. The second-order valence-corrected chi connectivity index (χ2v) is 9.01. The lowest BCUT2D eigenvalue weighted by molar-refractivity contribution is 0.0782. The van der Waals surface area contributed by atoms with E-state index in [4.69, 9.17) is 9.47 Å². The van der Waals surface area contributed by atoms with Crippen LogP contribution in [0.2, 0.25) is 0 Å². The number of thioether (sulfide) groups is 1. The Morgan fingerprint density at radius 3 is 2.69 bits per heavy atom. The van der Waals surface area contributed by atoms with Crippen molar-refractivity contribution in [2.75, 3.05) is 39.7 Å². The van der Waals surface area contributed by atoms with Crippen LogP contribution in [0.25, 0.3) is 0 Å². The molecule has 1 atom stereocenters. The summed E-state index contributed by atoms with van der Waals surface area (Å²) in [5.41, 5.74) is 0.866. The minimum atomic E-state index is -0.307. The molecule has 1 aromatic carbocycles. The second kappa shape index (κ2) is 11.6. The molecule has 0 spiro atoms. The summed E-state index contributed by atoms with van der Waals surface area (Å²) < 4.78 is 25.6. The summed E-state index contributed by atoms with van der Waals surface area (Å²) in [5.74, 6) is 1.36. The monoisotopic (exact) mass is 537 g/mol. The molecule has 2 N–H and O–H groups in total. The highest BCUT2D eigenvalue weighted by Gasteiger charge is 2.32. The summed E-state index contributed by atoms with van der Waals surface area (Å²) in [6, 6.07) is 5.12. The highest BCUT2D eigenvalue weighted by atomic mass is 127. The van der Waals surface area contributed by atoms with Crippen molar-refractivity contribution in [1.82, 2.24) is 10.6 Å². The van der Waals surface area contributed by atoms with Gasteiger partial charge in [-0.05, 0) is 62.5 Å². The van der Waals surface area contributed by atoms with E-state index in [-0.39, 0.29) is 40.6 Å². The standard InChI is InChI=1S/C21H32FN3O2S.HI/c1-15(17-6-7-19(18(22)12-17)27-13-16-4-5-16)25-20(23-2)24-14-21(28-3)8-10-26-11-9-21;/h6-7,12,15-16H,4-5,8-11,13-14H2,1-3H3,(H2,23,24,25);1H. The maximum atomic E-state index is 14.4. The van der Waals surface area contributed by atoms with Gasteiger partial charge in [-0.15, -0.1) is 24.0 Å². The topological polar surface area (TPSA) is 54.9 Å². The predicted molar refractivity (Wildman–Crippen MR) is 129 cm³/mol. The second-order valence-electron chi connectivity index (χ2n) is 7.74. The van der Waals surface area contributed by atoms with Crippen LogP contribution in [-0.2, 0) is 4.74 Å². The van der Waals surface area contributed by atoms with Crippen LogP contribution in [0.3, 0.4) is 0 Å². The Hall–Kier alpha value is -0.740. The first-order valence-corrected chi connectivity index (χ1v) is 11.3. The molecule has 0 aromatic heterocycles.